The van der Waals surface area contributed by atoms with Crippen molar-refractivity contribution in [1.29, 1.82) is 0 Å². The van der Waals surface area contributed by atoms with Crippen LogP contribution < -0.4 is 0 Å². The van der Waals surface area contributed by atoms with Crippen molar-refractivity contribution >= 4 is 19.7 Å². The molecule has 1 rings (SSSR count). The van der Waals surface area contributed by atoms with E-state index in [1.165, 1.54) is 0 Å². The lowest BCUT2D eigenvalue weighted by Gasteiger charge is -1.98. The van der Waals surface area contributed by atoms with E-state index >= 15 is 0 Å². The molecule has 0 fully saturated rings. The Balaban J connectivity index is 3.08. The molecule has 0 saturated carbocycles. The minimum atomic E-state index is -3.88. The second kappa shape index (κ2) is 3.55. The largest absolute Gasteiger partial charge is 0.280 e. The van der Waals surface area contributed by atoms with Gasteiger partial charge in [0.25, 0.3) is 15.5 Å². The average Bonchev–Trinajstić information content (AvgIpc) is 2.03. The first kappa shape index (κ1) is 10.3. The van der Waals surface area contributed by atoms with Crippen LogP contribution in [-0.4, -0.2) is 13.4 Å². The number of hydrogen-bond donors (Lipinski definition) is 0. The Morgan fingerprint density at radius 2 is 2.00 bits per heavy atom. The highest BCUT2D eigenvalue weighted by atomic mass is 35.7. The summed E-state index contributed by atoms with van der Waals surface area (Å²) < 4.78 is 45.2. The van der Waals surface area contributed by atoms with E-state index in [2.05, 4.69) is 4.98 Å². The van der Waals surface area contributed by atoms with Gasteiger partial charge in [0.2, 0.25) is 0 Å². The van der Waals surface area contributed by atoms with Crippen LogP contribution >= 0.6 is 10.7 Å². The highest BCUT2D eigenvalue weighted by molar-refractivity contribution is 8.13. The fourth-order valence-electron chi connectivity index (χ4n) is 0.665. The Morgan fingerprint density at radius 1 is 1.38 bits per heavy atom. The van der Waals surface area contributed by atoms with Crippen LogP contribution in [0.1, 0.15) is 12.1 Å². The quantitative estimate of drug-likeness (QED) is 0.726. The topological polar surface area (TPSA) is 47.0 Å². The minimum Gasteiger partial charge on any atom is -0.254 e. The molecule has 0 unspecified atom stereocenters. The average molecular weight is 228 g/mol. The van der Waals surface area contributed by atoms with E-state index in [0.717, 1.165) is 18.3 Å². The monoisotopic (exact) mass is 227 g/mol. The first-order chi connectivity index (χ1) is 5.91. The molecule has 72 valence electrons. The summed E-state index contributed by atoms with van der Waals surface area (Å²) >= 11 is 0. The summed E-state index contributed by atoms with van der Waals surface area (Å²) in [4.78, 5) is 2.94. The highest BCUT2D eigenvalue weighted by Crippen LogP contribution is 2.19. The van der Waals surface area contributed by atoms with Gasteiger partial charge in [0.05, 0.1) is 0 Å². The van der Waals surface area contributed by atoms with E-state index in [-0.39, 0.29) is 4.90 Å². The molecule has 13 heavy (non-hydrogen) atoms. The van der Waals surface area contributed by atoms with Crippen LogP contribution in [0.3, 0.4) is 0 Å². The number of alkyl halides is 2. The maximum absolute atomic E-state index is 12.0. The number of aromatic nitrogens is 1. The molecule has 0 aliphatic rings. The maximum atomic E-state index is 12.0. The Morgan fingerprint density at radius 3 is 2.31 bits per heavy atom. The zero-order valence-electron chi connectivity index (χ0n) is 6.12. The molecular formula is C6H4ClF2NO2S. The van der Waals surface area contributed by atoms with E-state index in [1.807, 2.05) is 0 Å². The molecule has 1 heterocycles. The van der Waals surface area contributed by atoms with Crippen LogP contribution in [0.4, 0.5) is 8.78 Å². The number of halogens is 3. The molecule has 0 radical (unpaired) electrons. The molecule has 0 amide bonds. The van der Waals surface area contributed by atoms with Gasteiger partial charge in [-0.05, 0) is 12.1 Å². The Bertz CT molecular complexity index is 390. The van der Waals surface area contributed by atoms with Crippen molar-refractivity contribution in [3.63, 3.8) is 0 Å². The van der Waals surface area contributed by atoms with Gasteiger partial charge in [-0.1, -0.05) is 0 Å². The van der Waals surface area contributed by atoms with Crippen molar-refractivity contribution in [2.24, 2.45) is 0 Å². The van der Waals surface area contributed by atoms with E-state index in [4.69, 9.17) is 10.7 Å². The van der Waals surface area contributed by atoms with E-state index < -0.39 is 21.2 Å². The summed E-state index contributed by atoms with van der Waals surface area (Å²) in [5.74, 6) is 0. The fraction of sp³-hybridized carbons (Fsp3) is 0.167. The first-order valence-electron chi connectivity index (χ1n) is 3.10. The molecule has 0 aliphatic carbocycles. The fourth-order valence-corrected chi connectivity index (χ4v) is 1.35. The summed E-state index contributed by atoms with van der Waals surface area (Å²) in [6, 6.07) is 1.90. The standard InChI is InChI=1S/C6H4ClF2NO2S/c7-13(11,12)4-1-2-5(6(8)9)10-3-4/h1-3,6H. The normalized spacial score (nSPS) is 12.0. The first-order valence-corrected chi connectivity index (χ1v) is 5.41. The van der Waals surface area contributed by atoms with Gasteiger partial charge in [-0.3, -0.25) is 4.98 Å². The molecule has 0 N–H and O–H groups in total. The summed E-state index contributed by atoms with van der Waals surface area (Å²) in [5.41, 5.74) is -0.482. The van der Waals surface area contributed by atoms with Crippen LogP contribution in [0.15, 0.2) is 23.2 Å². The predicted octanol–water partition coefficient (Wildman–Crippen LogP) is 1.95. The number of nitrogens with zero attached hydrogens (tertiary/aromatic N) is 1. The SMILES string of the molecule is O=S(=O)(Cl)c1ccc(C(F)F)nc1. The molecular weight excluding hydrogens is 224 g/mol. The third-order valence-electron chi connectivity index (χ3n) is 1.26. The molecule has 0 bridgehead atoms. The molecule has 0 saturated heterocycles. The van der Waals surface area contributed by atoms with Crippen molar-refractivity contribution in [3.05, 3.63) is 24.0 Å². The van der Waals surface area contributed by atoms with Gasteiger partial charge < -0.3 is 0 Å². The third-order valence-corrected chi connectivity index (χ3v) is 2.60. The van der Waals surface area contributed by atoms with Crippen LogP contribution in [0.2, 0.25) is 0 Å². The van der Waals surface area contributed by atoms with Gasteiger partial charge in [-0.2, -0.15) is 0 Å². The molecule has 0 atom stereocenters. The molecule has 7 heteroatoms. The predicted molar refractivity (Wildman–Crippen MR) is 42.2 cm³/mol. The van der Waals surface area contributed by atoms with Crippen molar-refractivity contribution < 1.29 is 17.2 Å². The second-order valence-corrected chi connectivity index (χ2v) is 4.72. The zero-order valence-corrected chi connectivity index (χ0v) is 7.69. The van der Waals surface area contributed by atoms with Gasteiger partial charge in [-0.15, -0.1) is 0 Å². The summed E-state index contributed by atoms with van der Waals surface area (Å²) in [5, 5.41) is 0. The lowest BCUT2D eigenvalue weighted by atomic mass is 10.4. The van der Waals surface area contributed by atoms with Gasteiger partial charge in [0.15, 0.2) is 0 Å². The number of pyridine rings is 1. The van der Waals surface area contributed by atoms with Gasteiger partial charge in [0.1, 0.15) is 10.6 Å². The lowest BCUT2D eigenvalue weighted by Crippen LogP contribution is -1.94. The summed E-state index contributed by atoms with van der Waals surface area (Å²) in [6.07, 6.45) is -1.92. The maximum Gasteiger partial charge on any atom is 0.280 e. The number of hydrogen-bond acceptors (Lipinski definition) is 3. The van der Waals surface area contributed by atoms with Gasteiger partial charge in [0, 0.05) is 16.9 Å². The minimum absolute atomic E-state index is 0.293. The Labute approximate surface area is 77.8 Å². The highest BCUT2D eigenvalue weighted by Gasteiger charge is 2.13. The molecule has 1 aromatic rings. The van der Waals surface area contributed by atoms with Gasteiger partial charge >= 0.3 is 0 Å². The van der Waals surface area contributed by atoms with E-state index in [9.17, 15) is 17.2 Å². The van der Waals surface area contributed by atoms with Gasteiger partial charge in [-0.25, -0.2) is 17.2 Å². The van der Waals surface area contributed by atoms with Crippen LogP contribution in [-0.2, 0) is 9.05 Å². The smallest absolute Gasteiger partial charge is 0.254 e. The summed E-state index contributed by atoms with van der Waals surface area (Å²) in [6.45, 7) is 0. The lowest BCUT2D eigenvalue weighted by molar-refractivity contribution is 0.146. The van der Waals surface area contributed by atoms with Crippen molar-refractivity contribution in [3.8, 4) is 0 Å². The number of rotatable bonds is 2. The van der Waals surface area contributed by atoms with Crippen molar-refractivity contribution in [2.45, 2.75) is 11.3 Å². The summed E-state index contributed by atoms with van der Waals surface area (Å²) in [7, 11) is 1.05. The van der Waals surface area contributed by atoms with Crippen molar-refractivity contribution in [2.75, 3.05) is 0 Å². The van der Waals surface area contributed by atoms with E-state index in [1.54, 1.807) is 0 Å². The Kier molecular flexibility index (Phi) is 2.82. The molecule has 0 aliphatic heterocycles. The van der Waals surface area contributed by atoms with Crippen LogP contribution in [0, 0.1) is 0 Å². The van der Waals surface area contributed by atoms with Crippen molar-refractivity contribution in [1.82, 2.24) is 4.98 Å². The van der Waals surface area contributed by atoms with Crippen LogP contribution in [0.25, 0.3) is 0 Å². The molecule has 3 nitrogen and oxygen atoms in total. The zero-order chi connectivity index (χ0) is 10.1. The van der Waals surface area contributed by atoms with E-state index in [0.29, 0.717) is 0 Å². The Hall–Kier alpha value is -0.750. The molecule has 1 aromatic heterocycles. The molecule has 0 spiro atoms. The van der Waals surface area contributed by atoms with Crippen LogP contribution in [0.5, 0.6) is 0 Å². The molecule has 0 aromatic carbocycles. The second-order valence-electron chi connectivity index (χ2n) is 2.16. The third kappa shape index (κ3) is 2.60.